The van der Waals surface area contributed by atoms with Gasteiger partial charge in [-0.05, 0) is 37.1 Å². The Bertz CT molecular complexity index is 855. The number of rotatable bonds is 4. The third kappa shape index (κ3) is 2.89. The third-order valence-electron chi connectivity index (χ3n) is 4.23. The predicted octanol–water partition coefficient (Wildman–Crippen LogP) is 1.35. The average molecular weight is 333 g/mol. The minimum Gasteiger partial charge on any atom is -0.345 e. The van der Waals surface area contributed by atoms with Crippen molar-refractivity contribution in [1.29, 1.82) is 0 Å². The zero-order valence-corrected chi connectivity index (χ0v) is 13.9. The number of aromatic nitrogens is 1. The second-order valence-corrected chi connectivity index (χ2v) is 7.53. The topological polar surface area (TPSA) is 80.2 Å². The zero-order valence-electron chi connectivity index (χ0n) is 13.0. The molecule has 0 aliphatic heterocycles. The van der Waals surface area contributed by atoms with Crippen molar-refractivity contribution in [1.82, 2.24) is 14.6 Å². The fraction of sp³-hybridized carbons (Fsp3) is 0.312. The molecule has 7 heteroatoms. The lowest BCUT2D eigenvalue weighted by molar-refractivity contribution is 0.0928. The minimum atomic E-state index is -3.56. The van der Waals surface area contributed by atoms with Gasteiger partial charge in [0.15, 0.2) is 0 Å². The van der Waals surface area contributed by atoms with E-state index in [1.165, 1.54) is 29.4 Å². The molecule has 0 bridgehead atoms. The Morgan fingerprint density at radius 2 is 2.04 bits per heavy atom. The number of sulfonamides is 1. The maximum Gasteiger partial charge on any atom is 0.268 e. The number of nitrogens with zero attached hydrogens (tertiary/aromatic N) is 1. The quantitative estimate of drug-likeness (QED) is 0.886. The van der Waals surface area contributed by atoms with Gasteiger partial charge in [0.05, 0.1) is 6.04 Å². The summed E-state index contributed by atoms with van der Waals surface area (Å²) < 4.78 is 27.5. The van der Waals surface area contributed by atoms with Gasteiger partial charge >= 0.3 is 0 Å². The van der Waals surface area contributed by atoms with Crippen molar-refractivity contribution in [3.05, 3.63) is 53.3 Å². The number of carbonyl (C=O) groups is 1. The van der Waals surface area contributed by atoms with Gasteiger partial charge in [-0.1, -0.05) is 24.3 Å². The lowest BCUT2D eigenvalue weighted by atomic mass is 10.1. The van der Waals surface area contributed by atoms with E-state index in [0.29, 0.717) is 5.69 Å². The highest BCUT2D eigenvalue weighted by atomic mass is 32.2. The van der Waals surface area contributed by atoms with Gasteiger partial charge in [0, 0.05) is 13.2 Å². The van der Waals surface area contributed by atoms with Crippen LogP contribution in [0.2, 0.25) is 0 Å². The number of nitrogens with one attached hydrogen (secondary N) is 2. The fourth-order valence-electron chi connectivity index (χ4n) is 2.96. The first kappa shape index (κ1) is 15.8. The first-order chi connectivity index (χ1) is 10.9. The summed E-state index contributed by atoms with van der Waals surface area (Å²) in [5.74, 6) is -0.272. The van der Waals surface area contributed by atoms with Gasteiger partial charge in [0.2, 0.25) is 10.0 Å². The molecular weight excluding hydrogens is 314 g/mol. The van der Waals surface area contributed by atoms with Crippen LogP contribution in [-0.2, 0) is 23.5 Å². The van der Waals surface area contributed by atoms with Crippen molar-refractivity contribution >= 4 is 15.9 Å². The Balaban J connectivity index is 1.83. The Kier molecular flexibility index (Phi) is 3.99. The summed E-state index contributed by atoms with van der Waals surface area (Å²) in [6.45, 7) is 0. The SMILES string of the molecule is CNS(=O)(=O)c1cc(C(=O)N[C@H]2CCc3ccccc32)n(C)c1. The van der Waals surface area contributed by atoms with Crippen molar-refractivity contribution in [3.8, 4) is 0 Å². The average Bonchev–Trinajstić information content (AvgIpc) is 3.12. The number of hydrogen-bond donors (Lipinski definition) is 2. The van der Waals surface area contributed by atoms with Crippen LogP contribution in [0.15, 0.2) is 41.4 Å². The Morgan fingerprint density at radius 3 is 2.78 bits per heavy atom. The normalized spacial score (nSPS) is 17.0. The lowest BCUT2D eigenvalue weighted by Crippen LogP contribution is -2.28. The van der Waals surface area contributed by atoms with Gasteiger partial charge in [0.1, 0.15) is 10.6 Å². The molecule has 23 heavy (non-hydrogen) atoms. The second-order valence-electron chi connectivity index (χ2n) is 5.64. The van der Waals surface area contributed by atoms with Crippen LogP contribution in [0.25, 0.3) is 0 Å². The minimum absolute atomic E-state index is 0.0297. The molecule has 1 aromatic carbocycles. The molecule has 0 fully saturated rings. The van der Waals surface area contributed by atoms with E-state index in [4.69, 9.17) is 0 Å². The van der Waals surface area contributed by atoms with Crippen molar-refractivity contribution < 1.29 is 13.2 Å². The molecule has 0 saturated carbocycles. The number of hydrogen-bond acceptors (Lipinski definition) is 3. The van der Waals surface area contributed by atoms with Gasteiger partial charge in [0.25, 0.3) is 5.91 Å². The van der Waals surface area contributed by atoms with Crippen LogP contribution in [0.3, 0.4) is 0 Å². The molecular formula is C16H19N3O3S. The summed E-state index contributed by atoms with van der Waals surface area (Å²) in [4.78, 5) is 12.6. The van der Waals surface area contributed by atoms with Crippen LogP contribution in [-0.4, -0.2) is 25.9 Å². The number of carbonyl (C=O) groups excluding carboxylic acids is 1. The van der Waals surface area contributed by atoms with E-state index in [1.54, 1.807) is 7.05 Å². The highest BCUT2D eigenvalue weighted by Crippen LogP contribution is 2.31. The molecule has 0 saturated heterocycles. The van der Waals surface area contributed by atoms with Crippen LogP contribution < -0.4 is 10.0 Å². The number of benzene rings is 1. The smallest absolute Gasteiger partial charge is 0.268 e. The van der Waals surface area contributed by atoms with Crippen molar-refractivity contribution in [3.63, 3.8) is 0 Å². The largest absolute Gasteiger partial charge is 0.345 e. The molecule has 1 aliphatic rings. The van der Waals surface area contributed by atoms with Crippen molar-refractivity contribution in [2.75, 3.05) is 7.05 Å². The molecule has 2 N–H and O–H groups in total. The van der Waals surface area contributed by atoms with E-state index < -0.39 is 10.0 Å². The fourth-order valence-corrected chi connectivity index (χ4v) is 3.76. The molecule has 1 atom stereocenters. The Morgan fingerprint density at radius 1 is 1.30 bits per heavy atom. The highest BCUT2D eigenvalue weighted by molar-refractivity contribution is 7.89. The van der Waals surface area contributed by atoms with Gasteiger partial charge in [-0.25, -0.2) is 13.1 Å². The number of aryl methyl sites for hydroxylation is 2. The molecule has 0 spiro atoms. The summed E-state index contributed by atoms with van der Waals surface area (Å²) in [6, 6.07) is 9.41. The molecule has 1 aliphatic carbocycles. The van der Waals surface area contributed by atoms with Crippen LogP contribution in [0, 0.1) is 0 Å². The van der Waals surface area contributed by atoms with Crippen molar-refractivity contribution in [2.24, 2.45) is 7.05 Å². The lowest BCUT2D eigenvalue weighted by Gasteiger charge is -2.14. The van der Waals surface area contributed by atoms with Crippen molar-refractivity contribution in [2.45, 2.75) is 23.8 Å². The third-order valence-corrected chi connectivity index (χ3v) is 5.61. The first-order valence-electron chi connectivity index (χ1n) is 7.41. The molecule has 0 radical (unpaired) electrons. The maximum atomic E-state index is 12.5. The summed E-state index contributed by atoms with van der Waals surface area (Å²) in [5, 5.41) is 3.00. The predicted molar refractivity (Wildman–Crippen MR) is 86.6 cm³/mol. The molecule has 1 aromatic heterocycles. The zero-order chi connectivity index (χ0) is 16.6. The summed E-state index contributed by atoms with van der Waals surface area (Å²) in [6.07, 6.45) is 3.23. The molecule has 2 aromatic rings. The molecule has 6 nitrogen and oxygen atoms in total. The van der Waals surface area contributed by atoms with E-state index in [1.807, 2.05) is 18.2 Å². The van der Waals surface area contributed by atoms with Gasteiger partial charge in [-0.3, -0.25) is 4.79 Å². The molecule has 1 amide bonds. The van der Waals surface area contributed by atoms with Crippen LogP contribution in [0.4, 0.5) is 0 Å². The van der Waals surface area contributed by atoms with Gasteiger partial charge in [-0.15, -0.1) is 0 Å². The first-order valence-corrected chi connectivity index (χ1v) is 8.89. The number of amides is 1. The monoisotopic (exact) mass is 333 g/mol. The van der Waals surface area contributed by atoms with E-state index >= 15 is 0 Å². The highest BCUT2D eigenvalue weighted by Gasteiger charge is 2.25. The molecule has 1 heterocycles. The van der Waals surface area contributed by atoms with Gasteiger partial charge in [-0.2, -0.15) is 0 Å². The second kappa shape index (κ2) is 5.82. The van der Waals surface area contributed by atoms with Crippen LogP contribution in [0.1, 0.15) is 34.1 Å². The molecule has 122 valence electrons. The summed E-state index contributed by atoms with van der Waals surface area (Å²) in [5.41, 5.74) is 2.71. The Labute approximate surface area is 135 Å². The standard InChI is InChI=1S/C16H19N3O3S/c1-17-23(21,22)12-9-15(19(2)10-12)16(20)18-14-8-7-11-5-3-4-6-13(11)14/h3-6,9-10,14,17H,7-8H2,1-2H3,(H,18,20)/t14-/m0/s1. The number of fused-ring (bicyclic) bond motifs is 1. The van der Waals surface area contributed by atoms with E-state index in [9.17, 15) is 13.2 Å². The summed E-state index contributed by atoms with van der Waals surface area (Å²) in [7, 11) is -0.556. The van der Waals surface area contributed by atoms with Crippen LogP contribution >= 0.6 is 0 Å². The Hall–Kier alpha value is -2.12. The maximum absolute atomic E-state index is 12.5. The van der Waals surface area contributed by atoms with Crippen LogP contribution in [0.5, 0.6) is 0 Å². The molecule has 3 rings (SSSR count). The summed E-state index contributed by atoms with van der Waals surface area (Å²) >= 11 is 0. The van der Waals surface area contributed by atoms with E-state index in [-0.39, 0.29) is 16.8 Å². The van der Waals surface area contributed by atoms with E-state index in [2.05, 4.69) is 16.1 Å². The van der Waals surface area contributed by atoms with Gasteiger partial charge < -0.3 is 9.88 Å². The van der Waals surface area contributed by atoms with E-state index in [0.717, 1.165) is 18.4 Å². The molecule has 0 unspecified atom stereocenters.